The van der Waals surface area contributed by atoms with Crippen LogP contribution in [0.3, 0.4) is 0 Å². The number of fused-ring (bicyclic) bond motifs is 1. The van der Waals surface area contributed by atoms with E-state index in [1.165, 1.54) is 30.5 Å². The van der Waals surface area contributed by atoms with Crippen LogP contribution in [0.1, 0.15) is 41.6 Å². The topological polar surface area (TPSA) is 155 Å². The smallest absolute Gasteiger partial charge is 0.293 e. The Morgan fingerprint density at radius 1 is 1.04 bits per heavy atom. The maximum Gasteiger partial charge on any atom is 0.293 e. The Balaban J connectivity index is 0.893. The summed E-state index contributed by atoms with van der Waals surface area (Å²) in [6.07, 6.45) is 8.18. The van der Waals surface area contributed by atoms with Crippen LogP contribution in [0, 0.1) is 15.5 Å². The molecule has 13 nitrogen and oxygen atoms in total. The lowest BCUT2D eigenvalue weighted by molar-refractivity contribution is -0.384. The average Bonchev–Trinajstić information content (AvgIpc) is 3.66. The van der Waals surface area contributed by atoms with Gasteiger partial charge < -0.3 is 25.1 Å². The highest BCUT2D eigenvalue weighted by molar-refractivity contribution is 7.98. The Morgan fingerprint density at radius 2 is 1.84 bits per heavy atom. The zero-order valence-electron chi connectivity index (χ0n) is 30.5. The number of hydrogen-bond donors (Lipinski definition) is 3. The number of nitrogens with two attached hydrogens (primary N) is 1. The number of nitrogens with zero attached hydrogens (tertiary/aromatic N) is 5. The summed E-state index contributed by atoms with van der Waals surface area (Å²) < 4.78 is 14.6. The summed E-state index contributed by atoms with van der Waals surface area (Å²) in [4.78, 5) is 40.0. The van der Waals surface area contributed by atoms with Gasteiger partial charge in [-0.25, -0.2) is 4.98 Å². The number of anilines is 2. The van der Waals surface area contributed by atoms with E-state index >= 15 is 0 Å². The van der Waals surface area contributed by atoms with Gasteiger partial charge in [0, 0.05) is 86.2 Å². The molecule has 2 saturated heterocycles. The molecule has 2 aliphatic heterocycles. The largest absolute Gasteiger partial charge is 0.495 e. The van der Waals surface area contributed by atoms with E-state index in [-0.39, 0.29) is 11.4 Å². The van der Waals surface area contributed by atoms with Gasteiger partial charge in [-0.15, -0.1) is 0 Å². The predicted molar refractivity (Wildman–Crippen MR) is 215 cm³/mol. The Kier molecular flexibility index (Phi) is 10.5. The standard InChI is InChI=1S/C40H43ClN8O5S/c1-53-37-18-26(2-6-33(37)41)25-46-14-16-48(17-15-46)29-22-40(23-29)9-12-47(13-10-40)28-3-5-32(36(20-28)54-30-19-27-8-11-43-38(27)44-24-30)39(50)45-55-31-4-7-34(42)35(21-31)49(51)52/h2-8,11,18-21,24,29H,9-10,12-17,22-23,25,42H2,1H3,(H,43,44)(H,45,50). The van der Waals surface area contributed by atoms with E-state index in [4.69, 9.17) is 26.8 Å². The van der Waals surface area contributed by atoms with E-state index in [1.54, 1.807) is 25.4 Å². The predicted octanol–water partition coefficient (Wildman–Crippen LogP) is 7.51. The first-order valence-electron chi connectivity index (χ1n) is 18.5. The van der Waals surface area contributed by atoms with Crippen molar-refractivity contribution in [3.63, 3.8) is 0 Å². The number of aromatic amines is 1. The SMILES string of the molecule is COc1cc(CN2CCN(C3CC4(CCN(c5ccc(C(=O)NSc6ccc(N)c([N+](=O)[O-])c6)c(Oc6cnc7[nH]ccc7c6)c5)CC4)C3)CC2)ccc1Cl. The van der Waals surface area contributed by atoms with Gasteiger partial charge in [0.25, 0.3) is 11.6 Å². The molecule has 8 rings (SSSR count). The number of nitrogens with one attached hydrogen (secondary N) is 2. The Morgan fingerprint density at radius 3 is 2.60 bits per heavy atom. The number of piperazine rings is 1. The lowest BCUT2D eigenvalue weighted by Crippen LogP contribution is -2.59. The highest BCUT2D eigenvalue weighted by atomic mass is 35.5. The van der Waals surface area contributed by atoms with Gasteiger partial charge in [-0.1, -0.05) is 17.7 Å². The van der Waals surface area contributed by atoms with E-state index < -0.39 is 10.8 Å². The van der Waals surface area contributed by atoms with Crippen molar-refractivity contribution in [1.29, 1.82) is 0 Å². The summed E-state index contributed by atoms with van der Waals surface area (Å²) >= 11 is 7.21. The number of hydrogen-bond acceptors (Lipinski definition) is 11. The number of H-pyrrole nitrogens is 1. The number of benzene rings is 3. The molecule has 3 fully saturated rings. The molecule has 0 atom stereocenters. The summed E-state index contributed by atoms with van der Waals surface area (Å²) in [5.41, 5.74) is 9.26. The highest BCUT2D eigenvalue weighted by Crippen LogP contribution is 2.51. The third-order valence-corrected chi connectivity index (χ3v) is 12.4. The third kappa shape index (κ3) is 8.04. The van der Waals surface area contributed by atoms with Gasteiger partial charge in [0.2, 0.25) is 0 Å². The lowest BCUT2D eigenvalue weighted by atomic mass is 9.60. The number of halogens is 1. The molecule has 286 valence electrons. The number of methoxy groups -OCH3 is 1. The van der Waals surface area contributed by atoms with Gasteiger partial charge in [0.05, 0.1) is 28.8 Å². The van der Waals surface area contributed by atoms with Crippen molar-refractivity contribution in [3.05, 3.63) is 105 Å². The van der Waals surface area contributed by atoms with Crippen molar-refractivity contribution >= 4 is 57.6 Å². The number of ether oxygens (including phenoxy) is 2. The number of carbonyl (C=O) groups is 1. The molecule has 0 unspecified atom stereocenters. The molecule has 55 heavy (non-hydrogen) atoms. The quantitative estimate of drug-likeness (QED) is 0.0528. The Hall–Kier alpha value is -5.02. The van der Waals surface area contributed by atoms with Crippen molar-refractivity contribution in [2.45, 2.75) is 43.2 Å². The maximum absolute atomic E-state index is 13.6. The molecule has 2 aromatic heterocycles. The molecule has 1 amide bonds. The molecule has 5 aromatic rings. The summed E-state index contributed by atoms with van der Waals surface area (Å²) in [5.74, 6) is 1.23. The fraction of sp³-hybridized carbons (Fsp3) is 0.350. The molecule has 1 aliphatic carbocycles. The van der Waals surface area contributed by atoms with Crippen molar-refractivity contribution in [1.82, 2.24) is 24.5 Å². The minimum atomic E-state index is -0.544. The van der Waals surface area contributed by atoms with Crippen LogP contribution < -0.4 is 24.8 Å². The van der Waals surface area contributed by atoms with Crippen LogP contribution in [0.5, 0.6) is 17.2 Å². The number of nitro groups is 1. The van der Waals surface area contributed by atoms with Crippen LogP contribution in [-0.4, -0.2) is 83.0 Å². The highest BCUT2D eigenvalue weighted by Gasteiger charge is 2.48. The lowest BCUT2D eigenvalue weighted by Gasteiger charge is -2.56. The number of nitrogen functional groups attached to an aromatic ring is 1. The van der Waals surface area contributed by atoms with Crippen LogP contribution in [0.15, 0.2) is 84.0 Å². The van der Waals surface area contributed by atoms with E-state index in [0.29, 0.717) is 38.4 Å². The van der Waals surface area contributed by atoms with E-state index in [9.17, 15) is 14.9 Å². The van der Waals surface area contributed by atoms with Crippen LogP contribution in [-0.2, 0) is 6.54 Å². The van der Waals surface area contributed by atoms with Gasteiger partial charge in [-0.05, 0) is 97.1 Å². The summed E-state index contributed by atoms with van der Waals surface area (Å²) in [6, 6.07) is 20.6. The minimum Gasteiger partial charge on any atom is -0.495 e. The molecule has 4 N–H and O–H groups in total. The number of aromatic nitrogens is 2. The molecule has 4 heterocycles. The molecule has 3 aliphatic rings. The first-order valence-corrected chi connectivity index (χ1v) is 19.6. The number of nitro benzene ring substituents is 1. The zero-order chi connectivity index (χ0) is 38.1. The first-order chi connectivity index (χ1) is 26.6. The van der Waals surface area contributed by atoms with Crippen LogP contribution >= 0.6 is 23.5 Å². The molecular formula is C40H43ClN8O5S. The summed E-state index contributed by atoms with van der Waals surface area (Å²) in [6.45, 7) is 7.04. The first kappa shape index (κ1) is 36.9. The monoisotopic (exact) mass is 782 g/mol. The van der Waals surface area contributed by atoms with Crippen LogP contribution in [0.25, 0.3) is 11.0 Å². The Labute approximate surface area is 328 Å². The number of carbonyl (C=O) groups excluding carboxylic acids is 1. The van der Waals surface area contributed by atoms with Gasteiger partial charge in [-0.2, -0.15) is 0 Å². The maximum atomic E-state index is 13.6. The van der Waals surface area contributed by atoms with Gasteiger partial charge in [-0.3, -0.25) is 29.4 Å². The van der Waals surface area contributed by atoms with Crippen LogP contribution in [0.2, 0.25) is 5.02 Å². The van der Waals surface area contributed by atoms with Crippen molar-refractivity contribution in [2.24, 2.45) is 5.41 Å². The van der Waals surface area contributed by atoms with Crippen molar-refractivity contribution in [3.8, 4) is 17.2 Å². The van der Waals surface area contributed by atoms with E-state index in [1.807, 2.05) is 42.6 Å². The molecule has 3 aromatic carbocycles. The summed E-state index contributed by atoms with van der Waals surface area (Å²) in [5, 5.41) is 12.9. The van der Waals surface area contributed by atoms with E-state index in [2.05, 4.69) is 35.5 Å². The third-order valence-electron chi connectivity index (χ3n) is 11.3. The van der Waals surface area contributed by atoms with E-state index in [0.717, 1.165) is 93.1 Å². The number of pyridine rings is 1. The molecule has 15 heteroatoms. The van der Waals surface area contributed by atoms with Crippen molar-refractivity contribution < 1.29 is 19.2 Å². The minimum absolute atomic E-state index is 0.0583. The molecule has 0 bridgehead atoms. The second-order valence-corrected chi connectivity index (χ2v) is 16.0. The van der Waals surface area contributed by atoms with Gasteiger partial charge in [0.15, 0.2) is 0 Å². The molecule has 0 radical (unpaired) electrons. The second kappa shape index (κ2) is 15.6. The fourth-order valence-electron chi connectivity index (χ4n) is 8.18. The van der Waals surface area contributed by atoms with Gasteiger partial charge in [0.1, 0.15) is 28.6 Å². The Bertz CT molecular complexity index is 2210. The second-order valence-electron chi connectivity index (χ2n) is 14.7. The summed E-state index contributed by atoms with van der Waals surface area (Å²) in [7, 11) is 1.65. The number of piperidine rings is 1. The van der Waals surface area contributed by atoms with Crippen molar-refractivity contribution in [2.75, 3.05) is 57.0 Å². The number of rotatable bonds is 11. The normalized spacial score (nSPS) is 17.6. The average molecular weight is 783 g/mol. The zero-order valence-corrected chi connectivity index (χ0v) is 32.1. The van der Waals surface area contributed by atoms with Crippen LogP contribution in [0.4, 0.5) is 17.1 Å². The molecule has 1 saturated carbocycles. The fourth-order valence-corrected chi connectivity index (χ4v) is 9.00. The molecule has 1 spiro atoms. The number of amides is 1. The molecular weight excluding hydrogens is 740 g/mol. The van der Waals surface area contributed by atoms with Gasteiger partial charge >= 0.3 is 0 Å².